The number of rotatable bonds is 5. The highest BCUT2D eigenvalue weighted by molar-refractivity contribution is 7.90. The van der Waals surface area contributed by atoms with E-state index in [9.17, 15) is 17.6 Å². The first-order chi connectivity index (χ1) is 12.7. The first kappa shape index (κ1) is 19.2. The van der Waals surface area contributed by atoms with Crippen molar-refractivity contribution in [1.29, 1.82) is 0 Å². The minimum atomic E-state index is -3.31. The molecule has 0 fully saturated rings. The summed E-state index contributed by atoms with van der Waals surface area (Å²) >= 11 is 1.31. The predicted molar refractivity (Wildman–Crippen MR) is 104 cm³/mol. The van der Waals surface area contributed by atoms with E-state index in [0.29, 0.717) is 22.7 Å². The summed E-state index contributed by atoms with van der Waals surface area (Å²) in [5.41, 5.74) is 1.76. The van der Waals surface area contributed by atoms with Crippen molar-refractivity contribution in [3.8, 4) is 0 Å². The van der Waals surface area contributed by atoms with Gasteiger partial charge in [0.2, 0.25) is 0 Å². The lowest BCUT2D eigenvalue weighted by Gasteiger charge is -2.03. The topological polar surface area (TPSA) is 76.1 Å². The van der Waals surface area contributed by atoms with Crippen molar-refractivity contribution in [3.63, 3.8) is 0 Å². The lowest BCUT2D eigenvalue weighted by molar-refractivity contribution is 0.102. The summed E-state index contributed by atoms with van der Waals surface area (Å²) in [5.74, 6) is -0.625. The van der Waals surface area contributed by atoms with Gasteiger partial charge in [0.15, 0.2) is 15.0 Å². The van der Waals surface area contributed by atoms with Crippen molar-refractivity contribution < 1.29 is 17.6 Å². The highest BCUT2D eigenvalue weighted by Crippen LogP contribution is 2.23. The van der Waals surface area contributed by atoms with Gasteiger partial charge in [0.1, 0.15) is 5.82 Å². The number of carbonyl (C=O) groups is 1. The molecule has 140 valence electrons. The number of halogens is 1. The van der Waals surface area contributed by atoms with Gasteiger partial charge in [0.25, 0.3) is 5.91 Å². The molecule has 27 heavy (non-hydrogen) atoms. The van der Waals surface area contributed by atoms with Crippen molar-refractivity contribution in [2.24, 2.45) is 0 Å². The molecule has 2 aromatic carbocycles. The minimum absolute atomic E-state index is 0.154. The van der Waals surface area contributed by atoms with Crippen LogP contribution in [0.3, 0.4) is 0 Å². The van der Waals surface area contributed by atoms with Crippen LogP contribution in [0.4, 0.5) is 9.52 Å². The van der Waals surface area contributed by atoms with E-state index in [1.54, 1.807) is 19.2 Å². The molecular weight excluding hydrogens is 387 g/mol. The summed E-state index contributed by atoms with van der Waals surface area (Å²) in [5, 5.41) is 3.11. The molecule has 0 saturated heterocycles. The second-order valence-corrected chi connectivity index (χ2v) is 9.27. The second-order valence-electron chi connectivity index (χ2n) is 6.14. The fraction of sp³-hybridized carbons (Fsp3) is 0.158. The normalized spacial score (nSPS) is 11.4. The van der Waals surface area contributed by atoms with Crippen LogP contribution in [0.25, 0.3) is 0 Å². The monoisotopic (exact) mass is 404 g/mol. The van der Waals surface area contributed by atoms with Crippen LogP contribution in [0.1, 0.15) is 26.4 Å². The summed E-state index contributed by atoms with van der Waals surface area (Å²) in [6.07, 6.45) is 3.28. The van der Waals surface area contributed by atoms with Gasteiger partial charge < -0.3 is 0 Å². The Morgan fingerprint density at radius 1 is 1.19 bits per heavy atom. The summed E-state index contributed by atoms with van der Waals surface area (Å²) < 4.78 is 36.6. The molecule has 3 rings (SSSR count). The van der Waals surface area contributed by atoms with E-state index in [0.717, 1.165) is 16.7 Å². The average molecular weight is 404 g/mol. The molecule has 3 aromatic rings. The number of amides is 1. The first-order valence-corrected chi connectivity index (χ1v) is 10.7. The number of sulfone groups is 1. The number of hydrogen-bond donors (Lipinski definition) is 1. The van der Waals surface area contributed by atoms with E-state index >= 15 is 0 Å². The molecule has 0 unspecified atom stereocenters. The van der Waals surface area contributed by atoms with Crippen molar-refractivity contribution in [1.82, 2.24) is 4.98 Å². The van der Waals surface area contributed by atoms with Crippen LogP contribution in [0.15, 0.2) is 53.6 Å². The smallest absolute Gasteiger partial charge is 0.257 e. The number of aromatic nitrogens is 1. The van der Waals surface area contributed by atoms with Gasteiger partial charge in [-0.25, -0.2) is 17.8 Å². The maximum Gasteiger partial charge on any atom is 0.257 e. The minimum Gasteiger partial charge on any atom is -0.298 e. The third kappa shape index (κ3) is 4.78. The molecule has 0 aliphatic heterocycles. The zero-order valence-electron chi connectivity index (χ0n) is 14.7. The van der Waals surface area contributed by atoms with Crippen LogP contribution >= 0.6 is 11.3 Å². The van der Waals surface area contributed by atoms with E-state index < -0.39 is 9.84 Å². The number of hydrogen-bond acceptors (Lipinski definition) is 5. The number of nitrogens with one attached hydrogen (secondary N) is 1. The third-order valence-electron chi connectivity index (χ3n) is 3.93. The molecular formula is C19H17FN2O3S2. The standard InChI is InChI=1S/C19H17FN2O3S2/c1-12-3-4-13(10-17(12)20)9-15-11-21-19(26-15)22-18(23)14-5-7-16(8-6-14)27(2,24)25/h3-8,10-11H,9H2,1-2H3,(H,21,22,23). The SMILES string of the molecule is Cc1ccc(Cc2cnc(NC(=O)c3ccc(S(C)(=O)=O)cc3)s2)cc1F. The molecule has 0 atom stereocenters. The van der Waals surface area contributed by atoms with Crippen molar-refractivity contribution in [2.75, 3.05) is 11.6 Å². The van der Waals surface area contributed by atoms with Crippen LogP contribution in [0, 0.1) is 12.7 Å². The van der Waals surface area contributed by atoms with Gasteiger partial charge in [0, 0.05) is 29.3 Å². The fourth-order valence-corrected chi connectivity index (χ4v) is 3.89. The van der Waals surface area contributed by atoms with Crippen molar-refractivity contribution in [3.05, 3.63) is 76.0 Å². The Morgan fingerprint density at radius 3 is 2.52 bits per heavy atom. The molecule has 1 heterocycles. The van der Waals surface area contributed by atoms with Crippen molar-refractivity contribution in [2.45, 2.75) is 18.2 Å². The van der Waals surface area contributed by atoms with Gasteiger partial charge in [-0.05, 0) is 48.4 Å². The van der Waals surface area contributed by atoms with E-state index in [1.165, 1.54) is 41.7 Å². The largest absolute Gasteiger partial charge is 0.298 e. The Morgan fingerprint density at radius 2 is 1.89 bits per heavy atom. The number of aryl methyl sites for hydroxylation is 1. The van der Waals surface area contributed by atoms with Crippen molar-refractivity contribution >= 4 is 32.2 Å². The molecule has 0 bridgehead atoms. The molecule has 0 spiro atoms. The Bertz CT molecular complexity index is 1090. The highest BCUT2D eigenvalue weighted by atomic mass is 32.2. The van der Waals surface area contributed by atoms with Gasteiger partial charge in [-0.1, -0.05) is 12.1 Å². The van der Waals surface area contributed by atoms with E-state index in [2.05, 4.69) is 10.3 Å². The van der Waals surface area contributed by atoms with Gasteiger partial charge in [-0.15, -0.1) is 11.3 Å². The Kier molecular flexibility index (Phi) is 5.38. The second kappa shape index (κ2) is 7.58. The van der Waals surface area contributed by atoms with Gasteiger partial charge in [-0.3, -0.25) is 10.1 Å². The van der Waals surface area contributed by atoms with Crippen LogP contribution in [-0.4, -0.2) is 25.6 Å². The first-order valence-electron chi connectivity index (χ1n) is 8.03. The predicted octanol–water partition coefficient (Wildman–Crippen LogP) is 3.84. The average Bonchev–Trinajstić information content (AvgIpc) is 3.04. The molecule has 1 N–H and O–H groups in total. The Labute approximate surface area is 160 Å². The zero-order valence-corrected chi connectivity index (χ0v) is 16.3. The van der Waals surface area contributed by atoms with Gasteiger partial charge in [0.05, 0.1) is 4.90 Å². The van der Waals surface area contributed by atoms with Crippen LogP contribution in [0.2, 0.25) is 0 Å². The summed E-state index contributed by atoms with van der Waals surface area (Å²) in [4.78, 5) is 17.5. The fourth-order valence-electron chi connectivity index (χ4n) is 2.42. The number of thiazole rings is 1. The summed E-state index contributed by atoms with van der Waals surface area (Å²) in [6, 6.07) is 10.8. The summed E-state index contributed by atoms with van der Waals surface area (Å²) in [6.45, 7) is 1.71. The lowest BCUT2D eigenvalue weighted by atomic mass is 10.1. The maximum absolute atomic E-state index is 13.6. The van der Waals surface area contributed by atoms with Crippen LogP contribution in [0.5, 0.6) is 0 Å². The number of nitrogens with zero attached hydrogens (tertiary/aromatic N) is 1. The molecule has 0 radical (unpaired) electrons. The van der Waals surface area contributed by atoms with Crippen LogP contribution < -0.4 is 5.32 Å². The number of anilines is 1. The Hall–Kier alpha value is -2.58. The highest BCUT2D eigenvalue weighted by Gasteiger charge is 2.12. The number of carbonyl (C=O) groups excluding carboxylic acids is 1. The van der Waals surface area contributed by atoms with Gasteiger partial charge in [-0.2, -0.15) is 0 Å². The molecule has 0 aliphatic carbocycles. The summed E-state index contributed by atoms with van der Waals surface area (Å²) in [7, 11) is -3.31. The molecule has 0 saturated carbocycles. The van der Waals surface area contributed by atoms with E-state index in [-0.39, 0.29) is 16.6 Å². The van der Waals surface area contributed by atoms with E-state index in [1.807, 2.05) is 6.07 Å². The molecule has 5 nitrogen and oxygen atoms in total. The molecule has 1 amide bonds. The van der Waals surface area contributed by atoms with E-state index in [4.69, 9.17) is 0 Å². The molecule has 8 heteroatoms. The van der Waals surface area contributed by atoms with Gasteiger partial charge >= 0.3 is 0 Å². The van der Waals surface area contributed by atoms with Crippen LogP contribution in [-0.2, 0) is 16.3 Å². The zero-order chi connectivity index (χ0) is 19.6. The molecule has 0 aliphatic rings. The lowest BCUT2D eigenvalue weighted by Crippen LogP contribution is -2.11. The quantitative estimate of drug-likeness (QED) is 0.701. The maximum atomic E-state index is 13.6. The third-order valence-corrected chi connectivity index (χ3v) is 5.97. The Balaban J connectivity index is 1.68. The molecule has 1 aromatic heterocycles. The number of benzene rings is 2.